The van der Waals surface area contributed by atoms with Crippen molar-refractivity contribution in [2.24, 2.45) is 0 Å². The van der Waals surface area contributed by atoms with Gasteiger partial charge in [-0.1, -0.05) is 0 Å². The maximum Gasteiger partial charge on any atom is 0.213 e. The minimum absolute atomic E-state index is 0.455. The van der Waals surface area contributed by atoms with Gasteiger partial charge >= 0.3 is 0 Å². The molecule has 2 rings (SSSR count). The second kappa shape index (κ2) is 4.19. The van der Waals surface area contributed by atoms with Crippen molar-refractivity contribution in [1.29, 1.82) is 0 Å². The van der Waals surface area contributed by atoms with E-state index in [9.17, 15) is 5.11 Å². The van der Waals surface area contributed by atoms with Crippen LogP contribution < -0.4 is 4.74 Å². The standard InChI is InChI=1S/C12H17NO2/c1-10-3-7-13-11(9-10)15-8-6-12(14)4-2-5-12/h3,7,9,14H,2,4-6,8H2,1H3. The molecule has 1 heterocycles. The molecule has 0 amide bonds. The van der Waals surface area contributed by atoms with Crippen LogP contribution in [-0.2, 0) is 0 Å². The van der Waals surface area contributed by atoms with Crippen molar-refractivity contribution in [2.75, 3.05) is 6.61 Å². The van der Waals surface area contributed by atoms with Gasteiger partial charge in [0.25, 0.3) is 0 Å². The number of rotatable bonds is 4. The second-order valence-corrected chi connectivity index (χ2v) is 4.35. The maximum atomic E-state index is 9.84. The number of nitrogens with zero attached hydrogens (tertiary/aromatic N) is 1. The molecule has 1 saturated carbocycles. The third-order valence-corrected chi connectivity index (χ3v) is 2.99. The zero-order valence-electron chi connectivity index (χ0n) is 9.07. The predicted octanol–water partition coefficient (Wildman–Crippen LogP) is 2.07. The first-order chi connectivity index (χ1) is 7.18. The first-order valence-corrected chi connectivity index (χ1v) is 5.46. The molecular formula is C12H17NO2. The SMILES string of the molecule is Cc1ccnc(OCCC2(O)CCC2)c1. The molecule has 3 heteroatoms. The zero-order chi connectivity index (χ0) is 10.7. The molecule has 1 aromatic rings. The van der Waals surface area contributed by atoms with Gasteiger partial charge in [0.1, 0.15) is 0 Å². The Bertz CT molecular complexity index is 334. The van der Waals surface area contributed by atoms with Gasteiger partial charge in [-0.2, -0.15) is 0 Å². The van der Waals surface area contributed by atoms with E-state index in [1.807, 2.05) is 19.1 Å². The third kappa shape index (κ3) is 2.69. The van der Waals surface area contributed by atoms with Crippen molar-refractivity contribution in [1.82, 2.24) is 4.98 Å². The fourth-order valence-corrected chi connectivity index (χ4v) is 1.77. The number of aromatic nitrogens is 1. The summed E-state index contributed by atoms with van der Waals surface area (Å²) >= 11 is 0. The van der Waals surface area contributed by atoms with E-state index >= 15 is 0 Å². The summed E-state index contributed by atoms with van der Waals surface area (Å²) in [5, 5.41) is 9.84. The van der Waals surface area contributed by atoms with Crippen LogP contribution in [0.5, 0.6) is 5.88 Å². The Kier molecular flexibility index (Phi) is 2.91. The van der Waals surface area contributed by atoms with Gasteiger partial charge in [-0.3, -0.25) is 0 Å². The van der Waals surface area contributed by atoms with Crippen LogP contribution >= 0.6 is 0 Å². The quantitative estimate of drug-likeness (QED) is 0.821. The minimum atomic E-state index is -0.455. The van der Waals surface area contributed by atoms with Crippen LogP contribution in [0, 0.1) is 6.92 Å². The van der Waals surface area contributed by atoms with Crippen LogP contribution in [-0.4, -0.2) is 22.3 Å². The molecule has 0 atom stereocenters. The lowest BCUT2D eigenvalue weighted by atomic mass is 9.78. The highest BCUT2D eigenvalue weighted by molar-refractivity contribution is 5.18. The lowest BCUT2D eigenvalue weighted by molar-refractivity contribution is -0.0485. The smallest absolute Gasteiger partial charge is 0.213 e. The molecule has 0 bridgehead atoms. The summed E-state index contributed by atoms with van der Waals surface area (Å²) in [7, 11) is 0. The van der Waals surface area contributed by atoms with Gasteiger partial charge < -0.3 is 9.84 Å². The van der Waals surface area contributed by atoms with Gasteiger partial charge in [-0.25, -0.2) is 4.98 Å². The number of aliphatic hydroxyl groups is 1. The normalized spacial score (nSPS) is 18.3. The Morgan fingerprint density at radius 1 is 1.53 bits per heavy atom. The minimum Gasteiger partial charge on any atom is -0.478 e. The Balaban J connectivity index is 1.78. The molecule has 1 N–H and O–H groups in total. The number of hydrogen-bond donors (Lipinski definition) is 1. The number of ether oxygens (including phenoxy) is 1. The van der Waals surface area contributed by atoms with E-state index in [0.29, 0.717) is 18.9 Å². The van der Waals surface area contributed by atoms with Crippen molar-refractivity contribution in [2.45, 2.75) is 38.2 Å². The van der Waals surface area contributed by atoms with Crippen LogP contribution in [0.25, 0.3) is 0 Å². The van der Waals surface area contributed by atoms with Gasteiger partial charge in [0, 0.05) is 18.7 Å². The highest BCUT2D eigenvalue weighted by atomic mass is 16.5. The Hall–Kier alpha value is -1.09. The molecule has 0 spiro atoms. The molecular weight excluding hydrogens is 190 g/mol. The van der Waals surface area contributed by atoms with Gasteiger partial charge in [-0.05, 0) is 37.8 Å². The first-order valence-electron chi connectivity index (χ1n) is 5.46. The number of aryl methyl sites for hydroxylation is 1. The van der Waals surface area contributed by atoms with Crippen LogP contribution in [0.4, 0.5) is 0 Å². The molecule has 0 aromatic carbocycles. The van der Waals surface area contributed by atoms with Gasteiger partial charge in [0.05, 0.1) is 12.2 Å². The van der Waals surface area contributed by atoms with Crippen molar-refractivity contribution in [3.8, 4) is 5.88 Å². The van der Waals surface area contributed by atoms with E-state index in [-0.39, 0.29) is 0 Å². The van der Waals surface area contributed by atoms with Gasteiger partial charge in [-0.15, -0.1) is 0 Å². The van der Waals surface area contributed by atoms with E-state index in [4.69, 9.17) is 4.74 Å². The van der Waals surface area contributed by atoms with E-state index < -0.39 is 5.60 Å². The van der Waals surface area contributed by atoms with Crippen molar-refractivity contribution in [3.05, 3.63) is 23.9 Å². The summed E-state index contributed by atoms with van der Waals surface area (Å²) in [6, 6.07) is 3.84. The molecule has 3 nitrogen and oxygen atoms in total. The lowest BCUT2D eigenvalue weighted by Gasteiger charge is -2.36. The predicted molar refractivity (Wildman–Crippen MR) is 57.9 cm³/mol. The average Bonchev–Trinajstić information content (AvgIpc) is 2.15. The monoisotopic (exact) mass is 207 g/mol. The number of pyridine rings is 1. The van der Waals surface area contributed by atoms with Gasteiger partial charge in [0.15, 0.2) is 0 Å². The lowest BCUT2D eigenvalue weighted by Crippen LogP contribution is -2.38. The molecule has 0 unspecified atom stereocenters. The van der Waals surface area contributed by atoms with Crippen LogP contribution in [0.15, 0.2) is 18.3 Å². The molecule has 1 fully saturated rings. The fraction of sp³-hybridized carbons (Fsp3) is 0.583. The van der Waals surface area contributed by atoms with Crippen molar-refractivity contribution in [3.63, 3.8) is 0 Å². The van der Waals surface area contributed by atoms with Gasteiger partial charge in [0.2, 0.25) is 5.88 Å². The molecule has 0 saturated heterocycles. The Morgan fingerprint density at radius 2 is 2.33 bits per heavy atom. The van der Waals surface area contributed by atoms with Crippen LogP contribution in [0.1, 0.15) is 31.2 Å². The molecule has 0 aliphatic heterocycles. The Labute approximate surface area is 90.1 Å². The summed E-state index contributed by atoms with van der Waals surface area (Å²) in [5.41, 5.74) is 0.687. The van der Waals surface area contributed by atoms with Crippen molar-refractivity contribution >= 4 is 0 Å². The fourth-order valence-electron chi connectivity index (χ4n) is 1.77. The van der Waals surface area contributed by atoms with E-state index in [2.05, 4.69) is 4.98 Å². The third-order valence-electron chi connectivity index (χ3n) is 2.99. The molecule has 1 aromatic heterocycles. The Morgan fingerprint density at radius 3 is 2.93 bits per heavy atom. The topological polar surface area (TPSA) is 42.4 Å². The summed E-state index contributed by atoms with van der Waals surface area (Å²) in [4.78, 5) is 4.10. The summed E-state index contributed by atoms with van der Waals surface area (Å²) in [6.45, 7) is 2.56. The highest BCUT2D eigenvalue weighted by Gasteiger charge is 2.33. The average molecular weight is 207 g/mol. The summed E-state index contributed by atoms with van der Waals surface area (Å²) in [5.74, 6) is 0.651. The maximum absolute atomic E-state index is 9.84. The molecule has 1 aliphatic rings. The largest absolute Gasteiger partial charge is 0.478 e. The van der Waals surface area contributed by atoms with E-state index in [1.165, 1.54) is 0 Å². The van der Waals surface area contributed by atoms with Crippen molar-refractivity contribution < 1.29 is 9.84 Å². The molecule has 82 valence electrons. The van der Waals surface area contributed by atoms with E-state index in [1.54, 1.807) is 6.20 Å². The van der Waals surface area contributed by atoms with E-state index in [0.717, 1.165) is 24.8 Å². The zero-order valence-corrected chi connectivity index (χ0v) is 9.07. The van der Waals surface area contributed by atoms with Crippen LogP contribution in [0.3, 0.4) is 0 Å². The molecule has 1 aliphatic carbocycles. The summed E-state index contributed by atoms with van der Waals surface area (Å²) in [6.07, 6.45) is 5.42. The first kappa shape index (κ1) is 10.4. The highest BCUT2D eigenvalue weighted by Crippen LogP contribution is 2.34. The molecule has 15 heavy (non-hydrogen) atoms. The number of hydrogen-bond acceptors (Lipinski definition) is 3. The second-order valence-electron chi connectivity index (χ2n) is 4.35. The van der Waals surface area contributed by atoms with Crippen LogP contribution in [0.2, 0.25) is 0 Å². The summed E-state index contributed by atoms with van der Waals surface area (Å²) < 4.78 is 5.49. The molecule has 0 radical (unpaired) electrons.